The fourth-order valence-corrected chi connectivity index (χ4v) is 4.45. The maximum Gasteiger partial charge on any atom is 0.266 e. The second-order valence-electron chi connectivity index (χ2n) is 7.65. The Morgan fingerprint density at radius 3 is 2.22 bits per heavy atom. The Labute approximate surface area is 190 Å². The van der Waals surface area contributed by atoms with Crippen LogP contribution in [-0.2, 0) is 14.4 Å². The third-order valence-corrected chi connectivity index (χ3v) is 6.00. The van der Waals surface area contributed by atoms with Gasteiger partial charge in [0.1, 0.15) is 11.7 Å². The number of anilines is 2. The highest BCUT2D eigenvalue weighted by atomic mass is 35.5. The first-order valence-corrected chi connectivity index (χ1v) is 10.8. The minimum Gasteiger partial charge on any atom is -0.494 e. The van der Waals surface area contributed by atoms with E-state index in [1.807, 2.05) is 61.5 Å². The molecular weight excluding hydrogens is 428 g/mol. The van der Waals surface area contributed by atoms with Gasteiger partial charge in [0.25, 0.3) is 5.91 Å². The van der Waals surface area contributed by atoms with Gasteiger partial charge in [-0.3, -0.25) is 14.4 Å². The average molecular weight is 449 g/mol. The minimum absolute atomic E-state index is 0.292. The molecule has 162 valence electrons. The number of carbonyl (C=O) groups excluding carboxylic acids is 2. The van der Waals surface area contributed by atoms with Gasteiger partial charge < -0.3 is 4.74 Å². The van der Waals surface area contributed by atoms with Crippen molar-refractivity contribution in [2.75, 3.05) is 16.6 Å². The number of hydrogen-bond acceptors (Lipinski definition) is 5. The normalized spacial score (nSPS) is 22.4. The number of fused-ring (bicyclic) bond motifs is 1. The van der Waals surface area contributed by atoms with Gasteiger partial charge in [-0.1, -0.05) is 41.9 Å². The highest BCUT2D eigenvalue weighted by Gasteiger charge is 2.60. The second-order valence-corrected chi connectivity index (χ2v) is 8.08. The van der Waals surface area contributed by atoms with E-state index in [0.717, 1.165) is 17.0 Å². The molecule has 2 aliphatic heterocycles. The van der Waals surface area contributed by atoms with Crippen LogP contribution >= 0.6 is 11.6 Å². The number of benzene rings is 3. The fraction of sp³-hybridized carbons (Fsp3) is 0.200. The molecule has 2 amide bonds. The predicted octanol–water partition coefficient (Wildman–Crippen LogP) is 4.79. The van der Waals surface area contributed by atoms with E-state index < -0.39 is 18.1 Å². The summed E-state index contributed by atoms with van der Waals surface area (Å²) >= 11 is 5.98. The summed E-state index contributed by atoms with van der Waals surface area (Å²) in [5, 5.41) is 2.21. The molecule has 32 heavy (non-hydrogen) atoms. The number of ether oxygens (including phenoxy) is 1. The summed E-state index contributed by atoms with van der Waals surface area (Å²) in [6.07, 6.45) is -0.907. The molecule has 3 atom stereocenters. The van der Waals surface area contributed by atoms with E-state index in [1.165, 1.54) is 4.90 Å². The van der Waals surface area contributed by atoms with E-state index in [-0.39, 0.29) is 11.8 Å². The number of imide groups is 1. The molecule has 7 heteroatoms. The van der Waals surface area contributed by atoms with Gasteiger partial charge in [0.05, 0.1) is 24.0 Å². The molecule has 3 aromatic rings. The summed E-state index contributed by atoms with van der Waals surface area (Å²) in [5.74, 6) is -0.609. The maximum absolute atomic E-state index is 13.6. The van der Waals surface area contributed by atoms with Crippen LogP contribution in [-0.4, -0.2) is 24.5 Å². The lowest BCUT2D eigenvalue weighted by atomic mass is 9.90. The van der Waals surface area contributed by atoms with E-state index in [2.05, 4.69) is 0 Å². The van der Waals surface area contributed by atoms with Crippen molar-refractivity contribution in [3.63, 3.8) is 0 Å². The summed E-state index contributed by atoms with van der Waals surface area (Å²) in [4.78, 5) is 34.2. The van der Waals surface area contributed by atoms with Crippen LogP contribution in [0.25, 0.3) is 0 Å². The van der Waals surface area contributed by atoms with Gasteiger partial charge in [0.15, 0.2) is 6.10 Å². The minimum atomic E-state index is -0.907. The SMILES string of the molecule is CCOc1ccc([C@H]2[C@H]3C(=O)N(c4ccc(Cl)cc4)C(=O)[C@@H]3ON2c2ccccc2)cc1. The molecule has 0 saturated carbocycles. The van der Waals surface area contributed by atoms with Gasteiger partial charge >= 0.3 is 0 Å². The van der Waals surface area contributed by atoms with Crippen molar-refractivity contribution in [3.8, 4) is 5.75 Å². The molecular formula is C25H21ClN2O4. The van der Waals surface area contributed by atoms with Crippen molar-refractivity contribution < 1.29 is 19.2 Å². The van der Waals surface area contributed by atoms with E-state index in [1.54, 1.807) is 29.3 Å². The number of para-hydroxylation sites is 1. The lowest BCUT2D eigenvalue weighted by Gasteiger charge is -2.28. The zero-order valence-corrected chi connectivity index (χ0v) is 18.1. The van der Waals surface area contributed by atoms with Gasteiger partial charge in [-0.15, -0.1) is 0 Å². The molecule has 0 aliphatic carbocycles. The largest absolute Gasteiger partial charge is 0.494 e. The number of amides is 2. The molecule has 3 aromatic carbocycles. The Bertz CT molecular complexity index is 1130. The Morgan fingerprint density at radius 2 is 1.56 bits per heavy atom. The topological polar surface area (TPSA) is 59.1 Å². The molecule has 2 aliphatic rings. The molecule has 6 nitrogen and oxygen atoms in total. The molecule has 0 aromatic heterocycles. The lowest BCUT2D eigenvalue weighted by molar-refractivity contribution is -0.126. The van der Waals surface area contributed by atoms with E-state index in [4.69, 9.17) is 21.2 Å². The summed E-state index contributed by atoms with van der Waals surface area (Å²) in [5.41, 5.74) is 2.13. The van der Waals surface area contributed by atoms with Crippen LogP contribution in [0.2, 0.25) is 5.02 Å². The van der Waals surface area contributed by atoms with Crippen LogP contribution in [0.1, 0.15) is 18.5 Å². The van der Waals surface area contributed by atoms with Crippen LogP contribution < -0.4 is 14.7 Å². The van der Waals surface area contributed by atoms with Crippen molar-refractivity contribution in [2.45, 2.75) is 19.1 Å². The average Bonchev–Trinajstić information content (AvgIpc) is 3.32. The van der Waals surface area contributed by atoms with Crippen LogP contribution in [0.5, 0.6) is 5.75 Å². The molecule has 0 radical (unpaired) electrons. The second kappa shape index (κ2) is 8.30. The van der Waals surface area contributed by atoms with Crippen LogP contribution in [0.15, 0.2) is 78.9 Å². The van der Waals surface area contributed by atoms with E-state index in [0.29, 0.717) is 17.3 Å². The molecule has 0 unspecified atom stereocenters. The number of nitrogens with zero attached hydrogens (tertiary/aromatic N) is 2. The van der Waals surface area contributed by atoms with E-state index >= 15 is 0 Å². The number of hydrogen-bond donors (Lipinski definition) is 0. The zero-order chi connectivity index (χ0) is 22.2. The molecule has 2 saturated heterocycles. The number of carbonyl (C=O) groups is 2. The summed E-state index contributed by atoms with van der Waals surface area (Å²) in [6, 6.07) is 23.2. The Kier molecular flexibility index (Phi) is 5.33. The van der Waals surface area contributed by atoms with Crippen molar-refractivity contribution in [3.05, 3.63) is 89.4 Å². The van der Waals surface area contributed by atoms with Gasteiger partial charge in [0, 0.05) is 5.02 Å². The van der Waals surface area contributed by atoms with E-state index in [9.17, 15) is 9.59 Å². The highest BCUT2D eigenvalue weighted by molar-refractivity contribution is 6.31. The van der Waals surface area contributed by atoms with Crippen LogP contribution in [0.4, 0.5) is 11.4 Å². The highest BCUT2D eigenvalue weighted by Crippen LogP contribution is 2.47. The summed E-state index contributed by atoms with van der Waals surface area (Å²) in [7, 11) is 0. The summed E-state index contributed by atoms with van der Waals surface area (Å²) in [6.45, 7) is 2.49. The maximum atomic E-state index is 13.6. The molecule has 0 N–H and O–H groups in total. The number of hydroxylamine groups is 1. The number of rotatable bonds is 5. The fourth-order valence-electron chi connectivity index (χ4n) is 4.32. The molecule has 0 spiro atoms. The van der Waals surface area contributed by atoms with Crippen molar-refractivity contribution >= 4 is 34.8 Å². The first kappa shape index (κ1) is 20.5. The van der Waals surface area contributed by atoms with Crippen molar-refractivity contribution in [2.24, 2.45) is 5.92 Å². The van der Waals surface area contributed by atoms with Crippen LogP contribution in [0, 0.1) is 5.92 Å². The van der Waals surface area contributed by atoms with Crippen LogP contribution in [0.3, 0.4) is 0 Å². The molecule has 5 rings (SSSR count). The Hall–Kier alpha value is -3.35. The van der Waals surface area contributed by atoms with Gasteiger partial charge in [-0.25, -0.2) is 9.96 Å². The van der Waals surface area contributed by atoms with Gasteiger partial charge in [-0.05, 0) is 61.0 Å². The molecule has 2 fully saturated rings. The third-order valence-electron chi connectivity index (χ3n) is 5.74. The first-order valence-electron chi connectivity index (χ1n) is 10.5. The Morgan fingerprint density at radius 1 is 0.875 bits per heavy atom. The summed E-state index contributed by atoms with van der Waals surface area (Å²) < 4.78 is 5.56. The number of halogens is 1. The first-order chi connectivity index (χ1) is 15.6. The zero-order valence-electron chi connectivity index (χ0n) is 17.4. The van der Waals surface area contributed by atoms with Crippen molar-refractivity contribution in [1.82, 2.24) is 0 Å². The van der Waals surface area contributed by atoms with Gasteiger partial charge in [-0.2, -0.15) is 0 Å². The quantitative estimate of drug-likeness (QED) is 0.525. The molecule has 0 bridgehead atoms. The monoisotopic (exact) mass is 448 g/mol. The molecule has 2 heterocycles. The third kappa shape index (κ3) is 3.42. The van der Waals surface area contributed by atoms with Crippen molar-refractivity contribution in [1.29, 1.82) is 0 Å². The smallest absolute Gasteiger partial charge is 0.266 e. The predicted molar refractivity (Wildman–Crippen MR) is 122 cm³/mol. The Balaban J connectivity index is 1.55. The lowest BCUT2D eigenvalue weighted by Crippen LogP contribution is -2.37. The van der Waals surface area contributed by atoms with Gasteiger partial charge in [0.2, 0.25) is 5.91 Å². The standard InChI is InChI=1S/C25H21ClN2O4/c1-2-31-20-14-8-16(9-15-20)22-21-23(32-28(22)19-6-4-3-5-7-19)25(30)27(24(21)29)18-12-10-17(26)11-13-18/h3-15,21-23H,2H2,1H3/t21-,22+,23-/m1/s1.